The normalized spacial score (nSPS) is 11.7. The van der Waals surface area contributed by atoms with Gasteiger partial charge in [-0.25, -0.2) is 0 Å². The summed E-state index contributed by atoms with van der Waals surface area (Å²) in [5.74, 6) is 0. The van der Waals surface area contributed by atoms with Crippen LogP contribution >= 0.6 is 0 Å². The molecule has 1 nitrogen and oxygen atoms in total. The van der Waals surface area contributed by atoms with Crippen molar-refractivity contribution in [1.82, 2.24) is 0 Å². The second kappa shape index (κ2) is 11.6. The van der Waals surface area contributed by atoms with Crippen molar-refractivity contribution in [3.63, 3.8) is 0 Å². The minimum absolute atomic E-state index is 0.559. The van der Waals surface area contributed by atoms with Gasteiger partial charge >= 0.3 is 95.8 Å². The van der Waals surface area contributed by atoms with E-state index < -0.39 is 21.6 Å². The minimum atomic E-state index is -0.565. The molecule has 0 aliphatic rings. The Bertz CT molecular complexity index is 61.1. The van der Waals surface area contributed by atoms with Crippen LogP contribution in [-0.2, 0) is 1.41 Å². The fourth-order valence-electron chi connectivity index (χ4n) is 1.20. The Morgan fingerprint density at radius 2 is 1.73 bits per heavy atom. The molecular formula is C8H22OSn2. The van der Waals surface area contributed by atoms with Gasteiger partial charge in [0.1, 0.15) is 0 Å². The molecule has 0 heterocycles. The van der Waals surface area contributed by atoms with Crippen molar-refractivity contribution in [3.8, 4) is 0 Å². The first-order valence-electron chi connectivity index (χ1n) is 4.90. The number of hydrogen-bond acceptors (Lipinski definition) is 1. The van der Waals surface area contributed by atoms with E-state index >= 15 is 0 Å². The van der Waals surface area contributed by atoms with Crippen LogP contribution in [0.1, 0.15) is 45.4 Å². The second-order valence-corrected chi connectivity index (χ2v) is 19.0. The molecule has 0 radical (unpaired) electrons. The molecule has 0 aliphatic heterocycles. The third-order valence-electron chi connectivity index (χ3n) is 1.95. The molecule has 0 aromatic heterocycles. The van der Waals surface area contributed by atoms with Crippen LogP contribution in [0.4, 0.5) is 0 Å². The summed E-state index contributed by atoms with van der Waals surface area (Å²) in [6, 6.07) is 0. The SMILES string of the molecule is CCCCCCC[CH2][SnH2][O][SnH3]. The summed E-state index contributed by atoms with van der Waals surface area (Å²) in [5.41, 5.74) is 0. The third-order valence-corrected chi connectivity index (χ3v) is 13.2. The zero-order chi connectivity index (χ0) is 8.36. The van der Waals surface area contributed by atoms with Crippen LogP contribution in [0.25, 0.3) is 0 Å². The molecule has 11 heavy (non-hydrogen) atoms. The van der Waals surface area contributed by atoms with Gasteiger partial charge in [-0.3, -0.25) is 0 Å². The van der Waals surface area contributed by atoms with Gasteiger partial charge in [-0.15, -0.1) is 0 Å². The molecule has 0 atom stereocenters. The molecule has 68 valence electrons. The second-order valence-electron chi connectivity index (χ2n) is 3.11. The number of rotatable bonds is 8. The maximum absolute atomic E-state index is 5.39. The molecule has 0 bridgehead atoms. The van der Waals surface area contributed by atoms with Gasteiger partial charge in [0, 0.05) is 0 Å². The molecule has 0 saturated carbocycles. The monoisotopic (exact) mass is 374 g/mol. The first-order valence-corrected chi connectivity index (χ1v) is 11.7. The van der Waals surface area contributed by atoms with Crippen molar-refractivity contribution in [2.75, 3.05) is 0 Å². The molecule has 0 aliphatic carbocycles. The van der Waals surface area contributed by atoms with Crippen molar-refractivity contribution in [3.05, 3.63) is 0 Å². The van der Waals surface area contributed by atoms with Crippen LogP contribution in [0.2, 0.25) is 4.44 Å². The Balaban J connectivity index is 2.69. The fraction of sp³-hybridized carbons (Fsp3) is 1.00. The summed E-state index contributed by atoms with van der Waals surface area (Å²) in [6.07, 6.45) is 8.66. The van der Waals surface area contributed by atoms with E-state index in [9.17, 15) is 0 Å². The van der Waals surface area contributed by atoms with E-state index in [4.69, 9.17) is 1.41 Å². The molecule has 0 saturated heterocycles. The summed E-state index contributed by atoms with van der Waals surface area (Å²) < 4.78 is 6.89. The Labute approximate surface area is 95.1 Å². The van der Waals surface area contributed by atoms with Crippen LogP contribution in [-0.4, -0.2) is 44.5 Å². The van der Waals surface area contributed by atoms with Gasteiger partial charge in [0.05, 0.1) is 0 Å². The van der Waals surface area contributed by atoms with Crippen LogP contribution in [0, 0.1) is 0 Å². The predicted molar refractivity (Wildman–Crippen MR) is 57.8 cm³/mol. The summed E-state index contributed by atoms with van der Waals surface area (Å²) in [6.45, 7) is 2.27. The van der Waals surface area contributed by atoms with E-state index in [2.05, 4.69) is 6.92 Å². The molecule has 0 amide bonds. The summed E-state index contributed by atoms with van der Waals surface area (Å²) in [4.78, 5) is 0. The predicted octanol–water partition coefficient (Wildman–Crippen LogP) is 1.15. The van der Waals surface area contributed by atoms with Crippen molar-refractivity contribution < 1.29 is 1.41 Å². The van der Waals surface area contributed by atoms with Crippen LogP contribution in [0.15, 0.2) is 0 Å². The van der Waals surface area contributed by atoms with E-state index in [-0.39, 0.29) is 0 Å². The molecule has 0 aromatic carbocycles. The zero-order valence-corrected chi connectivity index (χ0v) is 17.8. The zero-order valence-electron chi connectivity index (χ0n) is 8.07. The summed E-state index contributed by atoms with van der Waals surface area (Å²) in [7, 11) is 0. The molecule has 3 heteroatoms. The van der Waals surface area contributed by atoms with E-state index in [1.807, 2.05) is 0 Å². The molecule has 0 aromatic rings. The summed E-state index contributed by atoms with van der Waals surface area (Å²) >= 11 is -0.00566. The number of unbranched alkanes of at least 4 members (excludes halogenated alkanes) is 5. The van der Waals surface area contributed by atoms with Crippen molar-refractivity contribution in [1.29, 1.82) is 0 Å². The topological polar surface area (TPSA) is 9.23 Å². The quantitative estimate of drug-likeness (QED) is 0.459. The van der Waals surface area contributed by atoms with Gasteiger partial charge in [-0.1, -0.05) is 0 Å². The van der Waals surface area contributed by atoms with Gasteiger partial charge < -0.3 is 0 Å². The van der Waals surface area contributed by atoms with E-state index in [0.29, 0.717) is 22.9 Å². The average Bonchev–Trinajstić information content (AvgIpc) is 2.03. The molecule has 0 fully saturated rings. The maximum atomic E-state index is 5.39. The Hall–Kier alpha value is 1.56. The van der Waals surface area contributed by atoms with E-state index in [0.717, 1.165) is 0 Å². The molecule has 0 spiro atoms. The standard InChI is InChI=1S/C8H17.O.2Sn.5H/c1-3-5-7-8-6-4-2;;;;;;;;/h1,3-8H2,2H3;;;;;;;;. The van der Waals surface area contributed by atoms with Crippen LogP contribution < -0.4 is 0 Å². The average molecular weight is 372 g/mol. The van der Waals surface area contributed by atoms with Gasteiger partial charge in [0.25, 0.3) is 0 Å². The van der Waals surface area contributed by atoms with E-state index in [1.165, 1.54) is 43.0 Å². The van der Waals surface area contributed by atoms with Gasteiger partial charge in [-0.2, -0.15) is 0 Å². The van der Waals surface area contributed by atoms with Crippen molar-refractivity contribution in [2.24, 2.45) is 0 Å². The van der Waals surface area contributed by atoms with Crippen LogP contribution in [0.5, 0.6) is 0 Å². The van der Waals surface area contributed by atoms with Crippen molar-refractivity contribution in [2.45, 2.75) is 49.9 Å². The molecular weight excluding hydrogens is 350 g/mol. The Morgan fingerprint density at radius 3 is 2.36 bits per heavy atom. The molecule has 0 N–H and O–H groups in total. The first-order chi connectivity index (χ1) is 5.41. The van der Waals surface area contributed by atoms with Gasteiger partial charge in [0.2, 0.25) is 0 Å². The Morgan fingerprint density at radius 1 is 1.09 bits per heavy atom. The Kier molecular flexibility index (Phi) is 13.2. The van der Waals surface area contributed by atoms with Crippen molar-refractivity contribution >= 4 is 44.5 Å². The first kappa shape index (κ1) is 12.6. The van der Waals surface area contributed by atoms with Crippen LogP contribution in [0.3, 0.4) is 0 Å². The third kappa shape index (κ3) is 11.6. The molecule has 0 unspecified atom stereocenters. The van der Waals surface area contributed by atoms with E-state index in [1.54, 1.807) is 0 Å². The molecule has 0 rings (SSSR count). The van der Waals surface area contributed by atoms with Gasteiger partial charge in [-0.05, 0) is 0 Å². The summed E-state index contributed by atoms with van der Waals surface area (Å²) in [5, 5.41) is 0. The van der Waals surface area contributed by atoms with Gasteiger partial charge in [0.15, 0.2) is 0 Å². The fourth-order valence-corrected chi connectivity index (χ4v) is 9.15. The number of hydrogen-bond donors (Lipinski definition) is 0.